The molecule has 1 aromatic rings. The normalized spacial score (nSPS) is 17.5. The summed E-state index contributed by atoms with van der Waals surface area (Å²) in [6.07, 6.45) is 2.15. The zero-order chi connectivity index (χ0) is 9.42. The number of rotatable bonds is 1. The first-order valence-electron chi connectivity index (χ1n) is 4.94. The molecular weight excluding hydrogens is 162 g/mol. The van der Waals surface area contributed by atoms with E-state index in [1.807, 2.05) is 0 Å². The van der Waals surface area contributed by atoms with Crippen LogP contribution in [0, 0.1) is 0 Å². The van der Waals surface area contributed by atoms with Crippen LogP contribution in [0.15, 0.2) is 0 Å². The Balaban J connectivity index is 2.40. The molecule has 3 heteroatoms. The van der Waals surface area contributed by atoms with Gasteiger partial charge in [0.1, 0.15) is 5.82 Å². The van der Waals surface area contributed by atoms with Crippen molar-refractivity contribution >= 4 is 0 Å². The lowest BCUT2D eigenvalue weighted by molar-refractivity contribution is 0.303. The Kier molecular flexibility index (Phi) is 2.12. The molecule has 2 heterocycles. The number of aromatic nitrogens is 2. The molecule has 1 aliphatic rings. The summed E-state index contributed by atoms with van der Waals surface area (Å²) in [4.78, 5) is 6.99. The zero-order valence-corrected chi connectivity index (χ0v) is 8.67. The van der Waals surface area contributed by atoms with E-state index in [0.29, 0.717) is 0 Å². The summed E-state index contributed by atoms with van der Waals surface area (Å²) in [6, 6.07) is 0. The van der Waals surface area contributed by atoms with Crippen molar-refractivity contribution in [3.63, 3.8) is 0 Å². The number of likely N-dealkylation sites (N-methyl/N-ethyl adjacent to an activating group) is 1. The Labute approximate surface area is 79.4 Å². The highest BCUT2D eigenvalue weighted by molar-refractivity contribution is 5.19. The van der Waals surface area contributed by atoms with Gasteiger partial charge >= 0.3 is 0 Å². The fourth-order valence-corrected chi connectivity index (χ4v) is 1.99. The lowest BCUT2D eigenvalue weighted by Gasteiger charge is -2.22. The van der Waals surface area contributed by atoms with Gasteiger partial charge in [-0.1, -0.05) is 6.92 Å². The maximum Gasteiger partial charge on any atom is 0.108 e. The molecule has 0 amide bonds. The van der Waals surface area contributed by atoms with Crippen molar-refractivity contribution in [3.05, 3.63) is 17.2 Å². The van der Waals surface area contributed by atoms with E-state index in [9.17, 15) is 0 Å². The molecule has 0 saturated carbocycles. The first-order chi connectivity index (χ1) is 6.22. The molecule has 1 aliphatic heterocycles. The summed E-state index contributed by atoms with van der Waals surface area (Å²) in [5, 5.41) is 0. The van der Waals surface area contributed by atoms with Crippen LogP contribution in [-0.4, -0.2) is 28.0 Å². The van der Waals surface area contributed by atoms with E-state index in [2.05, 4.69) is 35.5 Å². The fraction of sp³-hybridized carbons (Fsp3) is 0.700. The molecule has 1 aromatic heterocycles. The van der Waals surface area contributed by atoms with Crippen LogP contribution >= 0.6 is 0 Å². The summed E-state index contributed by atoms with van der Waals surface area (Å²) in [5.74, 6) is 1.22. The van der Waals surface area contributed by atoms with E-state index in [1.54, 1.807) is 0 Å². The van der Waals surface area contributed by atoms with Gasteiger partial charge in [0.25, 0.3) is 0 Å². The molecule has 0 fully saturated rings. The average Bonchev–Trinajstić information content (AvgIpc) is 2.44. The molecule has 0 saturated heterocycles. The topological polar surface area (TPSA) is 21.1 Å². The van der Waals surface area contributed by atoms with Crippen LogP contribution in [0.1, 0.15) is 24.1 Å². The number of aryl methyl sites for hydroxylation is 1. The molecule has 0 atom stereocenters. The Morgan fingerprint density at radius 2 is 2.15 bits per heavy atom. The van der Waals surface area contributed by atoms with E-state index in [-0.39, 0.29) is 0 Å². The largest absolute Gasteiger partial charge is 0.334 e. The maximum absolute atomic E-state index is 4.64. The number of fused-ring (bicyclic) bond motifs is 1. The summed E-state index contributed by atoms with van der Waals surface area (Å²) in [6.45, 7) is 4.36. The molecule has 0 bridgehead atoms. The van der Waals surface area contributed by atoms with Crippen LogP contribution in [0.4, 0.5) is 0 Å². The summed E-state index contributed by atoms with van der Waals surface area (Å²) in [7, 11) is 4.30. The van der Waals surface area contributed by atoms with Gasteiger partial charge in [0.05, 0.1) is 11.4 Å². The van der Waals surface area contributed by atoms with E-state index < -0.39 is 0 Å². The Bertz CT molecular complexity index is 314. The number of imidazole rings is 1. The molecule has 72 valence electrons. The number of hydrogen-bond acceptors (Lipinski definition) is 2. The van der Waals surface area contributed by atoms with Crippen LogP contribution in [0.5, 0.6) is 0 Å². The van der Waals surface area contributed by atoms with Gasteiger partial charge in [-0.2, -0.15) is 0 Å². The third kappa shape index (κ3) is 1.37. The minimum Gasteiger partial charge on any atom is -0.334 e. The standard InChI is InChI=1S/C10H17N3/c1-4-10-11-8-5-6-12(2)7-9(8)13(10)3/h4-7H2,1-3H3. The predicted molar refractivity (Wildman–Crippen MR) is 52.6 cm³/mol. The van der Waals surface area contributed by atoms with Crippen LogP contribution in [-0.2, 0) is 26.4 Å². The Hall–Kier alpha value is -0.830. The van der Waals surface area contributed by atoms with Crippen LogP contribution in [0.2, 0.25) is 0 Å². The lowest BCUT2D eigenvalue weighted by atomic mass is 10.1. The molecule has 0 N–H and O–H groups in total. The van der Waals surface area contributed by atoms with Crippen molar-refractivity contribution in [1.29, 1.82) is 0 Å². The zero-order valence-electron chi connectivity index (χ0n) is 8.67. The first kappa shape index (κ1) is 8.75. The minimum atomic E-state index is 1.03. The summed E-state index contributed by atoms with van der Waals surface area (Å²) in [5.41, 5.74) is 2.73. The molecule has 0 radical (unpaired) electrons. The second-order valence-electron chi connectivity index (χ2n) is 3.82. The van der Waals surface area contributed by atoms with Crippen molar-refractivity contribution in [2.75, 3.05) is 13.6 Å². The fourth-order valence-electron chi connectivity index (χ4n) is 1.99. The van der Waals surface area contributed by atoms with E-state index in [4.69, 9.17) is 0 Å². The second kappa shape index (κ2) is 3.14. The van der Waals surface area contributed by atoms with Crippen molar-refractivity contribution < 1.29 is 0 Å². The Morgan fingerprint density at radius 3 is 2.85 bits per heavy atom. The molecule has 2 rings (SSSR count). The molecule has 0 spiro atoms. The Morgan fingerprint density at radius 1 is 1.38 bits per heavy atom. The molecule has 0 unspecified atom stereocenters. The molecule has 0 aromatic carbocycles. The average molecular weight is 179 g/mol. The molecule has 3 nitrogen and oxygen atoms in total. The van der Waals surface area contributed by atoms with Gasteiger partial charge in [0.15, 0.2) is 0 Å². The van der Waals surface area contributed by atoms with E-state index in [0.717, 1.165) is 25.9 Å². The van der Waals surface area contributed by atoms with Gasteiger partial charge in [0.2, 0.25) is 0 Å². The van der Waals surface area contributed by atoms with Gasteiger partial charge in [-0.05, 0) is 7.05 Å². The van der Waals surface area contributed by atoms with Crippen LogP contribution < -0.4 is 0 Å². The molecule has 13 heavy (non-hydrogen) atoms. The van der Waals surface area contributed by atoms with Gasteiger partial charge in [0, 0.05) is 33.0 Å². The summed E-state index contributed by atoms with van der Waals surface area (Å²) < 4.78 is 2.25. The van der Waals surface area contributed by atoms with E-state index >= 15 is 0 Å². The monoisotopic (exact) mass is 179 g/mol. The van der Waals surface area contributed by atoms with Crippen molar-refractivity contribution in [2.45, 2.75) is 26.3 Å². The van der Waals surface area contributed by atoms with Crippen molar-refractivity contribution in [1.82, 2.24) is 14.5 Å². The van der Waals surface area contributed by atoms with Crippen LogP contribution in [0.25, 0.3) is 0 Å². The smallest absolute Gasteiger partial charge is 0.108 e. The predicted octanol–water partition coefficient (Wildman–Crippen LogP) is 0.970. The lowest BCUT2D eigenvalue weighted by Crippen LogP contribution is -2.27. The third-order valence-electron chi connectivity index (χ3n) is 2.86. The first-order valence-corrected chi connectivity index (χ1v) is 4.94. The minimum absolute atomic E-state index is 1.03. The van der Waals surface area contributed by atoms with Crippen molar-refractivity contribution in [2.24, 2.45) is 7.05 Å². The second-order valence-corrected chi connectivity index (χ2v) is 3.82. The van der Waals surface area contributed by atoms with Gasteiger partial charge in [-0.25, -0.2) is 4.98 Å². The van der Waals surface area contributed by atoms with E-state index in [1.165, 1.54) is 17.2 Å². The van der Waals surface area contributed by atoms with Gasteiger partial charge in [-0.3, -0.25) is 0 Å². The third-order valence-corrected chi connectivity index (χ3v) is 2.86. The number of hydrogen-bond donors (Lipinski definition) is 0. The van der Waals surface area contributed by atoms with Gasteiger partial charge in [-0.15, -0.1) is 0 Å². The van der Waals surface area contributed by atoms with Gasteiger partial charge < -0.3 is 9.47 Å². The van der Waals surface area contributed by atoms with Crippen molar-refractivity contribution in [3.8, 4) is 0 Å². The van der Waals surface area contributed by atoms with Crippen LogP contribution in [0.3, 0.4) is 0 Å². The highest BCUT2D eigenvalue weighted by Gasteiger charge is 2.19. The highest BCUT2D eigenvalue weighted by Crippen LogP contribution is 2.18. The maximum atomic E-state index is 4.64. The molecule has 0 aliphatic carbocycles. The quantitative estimate of drug-likeness (QED) is 0.640. The number of nitrogens with zero attached hydrogens (tertiary/aromatic N) is 3. The summed E-state index contributed by atoms with van der Waals surface area (Å²) >= 11 is 0. The highest BCUT2D eigenvalue weighted by atomic mass is 15.2. The molecular formula is C10H17N3. The SMILES string of the molecule is CCc1nc2c(n1C)CN(C)CC2.